The van der Waals surface area contributed by atoms with Crippen LogP contribution in [0.15, 0.2) is 82.8 Å². The number of hydrazine groups is 1. The van der Waals surface area contributed by atoms with Gasteiger partial charge in [0.2, 0.25) is 0 Å². The zero-order valence-corrected chi connectivity index (χ0v) is 16.0. The van der Waals surface area contributed by atoms with E-state index in [-0.39, 0.29) is 21.2 Å². The average molecular weight is 418 g/mol. The first-order valence-electron chi connectivity index (χ1n) is 8.03. The van der Waals surface area contributed by atoms with Crippen molar-refractivity contribution < 1.29 is 17.6 Å². The zero-order chi connectivity index (χ0) is 20.1. The van der Waals surface area contributed by atoms with E-state index >= 15 is 0 Å². The van der Waals surface area contributed by atoms with Gasteiger partial charge < -0.3 is 4.42 Å². The van der Waals surface area contributed by atoms with E-state index in [0.717, 1.165) is 0 Å². The molecule has 0 aliphatic heterocycles. The summed E-state index contributed by atoms with van der Waals surface area (Å²) in [7, 11) is -3.93. The highest BCUT2D eigenvalue weighted by molar-refractivity contribution is 7.92. The van der Waals surface area contributed by atoms with Gasteiger partial charge in [-0.3, -0.25) is 20.4 Å². The molecule has 1 aromatic heterocycles. The molecule has 144 valence electrons. The van der Waals surface area contributed by atoms with Crippen molar-refractivity contribution in [3.8, 4) is 0 Å². The van der Waals surface area contributed by atoms with Crippen LogP contribution < -0.4 is 15.6 Å². The van der Waals surface area contributed by atoms with E-state index in [1.54, 1.807) is 36.4 Å². The molecule has 28 heavy (non-hydrogen) atoms. The number of benzene rings is 2. The van der Waals surface area contributed by atoms with Crippen LogP contribution in [0.5, 0.6) is 0 Å². The Balaban J connectivity index is 1.73. The van der Waals surface area contributed by atoms with Gasteiger partial charge in [-0.05, 0) is 42.5 Å². The van der Waals surface area contributed by atoms with Crippen molar-refractivity contribution in [1.82, 2.24) is 10.9 Å². The van der Waals surface area contributed by atoms with Crippen LogP contribution in [0.2, 0.25) is 5.02 Å². The number of carbonyl (C=O) groups is 1. The Morgan fingerprint density at radius 2 is 1.79 bits per heavy atom. The maximum atomic E-state index is 12.6. The zero-order valence-electron chi connectivity index (χ0n) is 14.5. The van der Waals surface area contributed by atoms with Gasteiger partial charge >= 0.3 is 0 Å². The molecule has 0 spiro atoms. The molecule has 0 unspecified atom stereocenters. The number of nitrogens with one attached hydrogen (secondary N) is 3. The molecule has 0 fully saturated rings. The van der Waals surface area contributed by atoms with Crippen LogP contribution in [0.1, 0.15) is 16.1 Å². The van der Waals surface area contributed by atoms with E-state index in [2.05, 4.69) is 22.2 Å². The van der Waals surface area contributed by atoms with Gasteiger partial charge in [-0.1, -0.05) is 36.4 Å². The Morgan fingerprint density at radius 1 is 1.00 bits per heavy atom. The fourth-order valence-electron chi connectivity index (χ4n) is 2.27. The normalized spacial score (nSPS) is 10.9. The quantitative estimate of drug-likeness (QED) is 0.509. The van der Waals surface area contributed by atoms with Gasteiger partial charge in [0.15, 0.2) is 5.76 Å². The van der Waals surface area contributed by atoms with Gasteiger partial charge in [-0.25, -0.2) is 8.42 Å². The van der Waals surface area contributed by atoms with Gasteiger partial charge in [0, 0.05) is 5.56 Å². The molecule has 0 atom stereocenters. The van der Waals surface area contributed by atoms with Gasteiger partial charge in [-0.15, -0.1) is 0 Å². The third-order valence-corrected chi connectivity index (χ3v) is 5.36. The van der Waals surface area contributed by atoms with Crippen molar-refractivity contribution in [1.29, 1.82) is 0 Å². The van der Waals surface area contributed by atoms with Gasteiger partial charge in [0.05, 0.1) is 27.6 Å². The lowest BCUT2D eigenvalue weighted by Gasteiger charge is -2.12. The van der Waals surface area contributed by atoms with Crippen LogP contribution in [-0.2, 0) is 10.0 Å². The summed E-state index contributed by atoms with van der Waals surface area (Å²) in [4.78, 5) is 12.2. The topological polar surface area (TPSA) is 100 Å². The minimum Gasteiger partial charge on any atom is -0.463 e. The Labute approximate surface area is 167 Å². The van der Waals surface area contributed by atoms with E-state index in [1.807, 2.05) is 0 Å². The van der Waals surface area contributed by atoms with Crippen molar-refractivity contribution >= 4 is 38.9 Å². The van der Waals surface area contributed by atoms with E-state index in [4.69, 9.17) is 16.0 Å². The molecule has 7 nitrogen and oxygen atoms in total. The summed E-state index contributed by atoms with van der Waals surface area (Å²) in [5, 5.41) is 0.264. The highest BCUT2D eigenvalue weighted by atomic mass is 35.5. The third kappa shape index (κ3) is 4.54. The number of halogens is 1. The molecular weight excluding hydrogens is 402 g/mol. The molecule has 3 rings (SSSR count). The molecule has 1 amide bonds. The smallest absolute Gasteiger partial charge is 0.269 e. The van der Waals surface area contributed by atoms with Crippen molar-refractivity contribution in [3.63, 3.8) is 0 Å². The second-order valence-electron chi connectivity index (χ2n) is 5.65. The van der Waals surface area contributed by atoms with E-state index in [9.17, 15) is 13.2 Å². The fourth-order valence-corrected chi connectivity index (χ4v) is 3.63. The number of hydrogen-bond donors (Lipinski definition) is 3. The number of carbonyl (C=O) groups excluding carboxylic acids is 1. The first-order valence-corrected chi connectivity index (χ1v) is 9.89. The van der Waals surface area contributed by atoms with Gasteiger partial charge in [-0.2, -0.15) is 0 Å². The number of rotatable bonds is 7. The number of sulfonamides is 1. The number of anilines is 1. The Morgan fingerprint density at radius 3 is 2.50 bits per heavy atom. The highest BCUT2D eigenvalue weighted by Crippen LogP contribution is 2.24. The second kappa shape index (κ2) is 8.20. The predicted molar refractivity (Wildman–Crippen MR) is 107 cm³/mol. The van der Waals surface area contributed by atoms with Crippen LogP contribution in [-0.4, -0.2) is 14.3 Å². The van der Waals surface area contributed by atoms with E-state index in [0.29, 0.717) is 11.5 Å². The summed E-state index contributed by atoms with van der Waals surface area (Å²) in [5.41, 5.74) is 5.79. The maximum Gasteiger partial charge on any atom is 0.269 e. The molecule has 3 aromatic rings. The van der Waals surface area contributed by atoms with Crippen LogP contribution in [0, 0.1) is 0 Å². The molecule has 0 radical (unpaired) electrons. The molecule has 0 bridgehead atoms. The van der Waals surface area contributed by atoms with Crippen LogP contribution in [0.3, 0.4) is 0 Å². The fraction of sp³-hybridized carbons (Fsp3) is 0. The third-order valence-electron chi connectivity index (χ3n) is 3.67. The molecule has 9 heteroatoms. The Hall–Kier alpha value is -3.23. The SMILES string of the molecule is C=C(NNC(=O)c1cccc(S(=O)(=O)Nc2ccccc2Cl)c1)c1ccco1. The summed E-state index contributed by atoms with van der Waals surface area (Å²) in [6.45, 7) is 3.74. The Kier molecular flexibility index (Phi) is 5.72. The predicted octanol–water partition coefficient (Wildman–Crippen LogP) is 3.64. The highest BCUT2D eigenvalue weighted by Gasteiger charge is 2.18. The number of para-hydroxylation sites is 1. The summed E-state index contributed by atoms with van der Waals surface area (Å²) < 4.78 is 32.8. The molecule has 3 N–H and O–H groups in total. The van der Waals surface area contributed by atoms with Crippen LogP contribution in [0.25, 0.3) is 5.70 Å². The molecule has 0 saturated heterocycles. The van der Waals surface area contributed by atoms with Crippen molar-refractivity contribution in [3.05, 3.63) is 89.9 Å². The summed E-state index contributed by atoms with van der Waals surface area (Å²) in [6, 6.07) is 15.4. The minimum atomic E-state index is -3.93. The lowest BCUT2D eigenvalue weighted by molar-refractivity contribution is 0.0942. The van der Waals surface area contributed by atoms with Crippen molar-refractivity contribution in [2.45, 2.75) is 4.90 Å². The Bertz CT molecular complexity index is 1110. The first kappa shape index (κ1) is 19.5. The van der Waals surface area contributed by atoms with E-state index in [1.165, 1.54) is 30.5 Å². The maximum absolute atomic E-state index is 12.6. The van der Waals surface area contributed by atoms with Gasteiger partial charge in [0.1, 0.15) is 0 Å². The standard InChI is InChI=1S/C19H16ClN3O4S/c1-13(18-10-5-11-27-18)21-22-19(24)14-6-4-7-15(12-14)28(25,26)23-17-9-3-2-8-16(17)20/h2-12,21,23H,1H2,(H,22,24). The van der Waals surface area contributed by atoms with Crippen LogP contribution in [0.4, 0.5) is 5.69 Å². The number of furan rings is 1. The average Bonchev–Trinajstić information content (AvgIpc) is 3.22. The summed E-state index contributed by atoms with van der Waals surface area (Å²) >= 11 is 6.00. The molecule has 1 heterocycles. The molecular formula is C19H16ClN3O4S. The monoisotopic (exact) mass is 417 g/mol. The summed E-state index contributed by atoms with van der Waals surface area (Å²) in [6.07, 6.45) is 1.48. The largest absolute Gasteiger partial charge is 0.463 e. The lowest BCUT2D eigenvalue weighted by atomic mass is 10.2. The van der Waals surface area contributed by atoms with Crippen LogP contribution >= 0.6 is 11.6 Å². The number of amides is 1. The molecule has 0 aliphatic carbocycles. The van der Waals surface area contributed by atoms with Gasteiger partial charge in [0.25, 0.3) is 15.9 Å². The van der Waals surface area contributed by atoms with Crippen molar-refractivity contribution in [2.75, 3.05) is 4.72 Å². The second-order valence-corrected chi connectivity index (χ2v) is 7.74. The van der Waals surface area contributed by atoms with E-state index < -0.39 is 15.9 Å². The lowest BCUT2D eigenvalue weighted by Crippen LogP contribution is -2.35. The first-order chi connectivity index (χ1) is 13.4. The molecule has 0 saturated carbocycles. The number of hydrogen-bond acceptors (Lipinski definition) is 5. The molecule has 2 aromatic carbocycles. The molecule has 0 aliphatic rings. The van der Waals surface area contributed by atoms with Crippen molar-refractivity contribution in [2.24, 2.45) is 0 Å². The minimum absolute atomic E-state index is 0.0788. The summed E-state index contributed by atoms with van der Waals surface area (Å²) in [5.74, 6) is -0.0805.